The number of carbonyl (C=O) groups excluding carboxylic acids is 1. The highest BCUT2D eigenvalue weighted by Gasteiger charge is 2.25. The van der Waals surface area contributed by atoms with E-state index in [1.807, 2.05) is 19.9 Å². The summed E-state index contributed by atoms with van der Waals surface area (Å²) in [7, 11) is 0. The number of nitrogens with one attached hydrogen (secondary N) is 2. The number of aromatic nitrogens is 1. The number of aliphatic hydroxyl groups is 1. The van der Waals surface area contributed by atoms with Crippen molar-refractivity contribution in [3.8, 4) is 28.7 Å². The third-order valence-electron chi connectivity index (χ3n) is 6.13. The van der Waals surface area contributed by atoms with Gasteiger partial charge in [0.2, 0.25) is 0 Å². The van der Waals surface area contributed by atoms with Crippen molar-refractivity contribution in [2.45, 2.75) is 39.5 Å². The number of carboxylic acid groups (broad SMARTS) is 1. The quantitative estimate of drug-likeness (QED) is 0.176. The maximum Gasteiger partial charge on any atom is 0.338 e. The predicted octanol–water partition coefficient (Wildman–Crippen LogP) is 3.73. The van der Waals surface area contributed by atoms with Gasteiger partial charge in [-0.25, -0.2) is 4.79 Å². The molecule has 43 heavy (non-hydrogen) atoms. The van der Waals surface area contributed by atoms with Crippen LogP contribution in [-0.4, -0.2) is 72.1 Å². The van der Waals surface area contributed by atoms with E-state index in [9.17, 15) is 25.1 Å². The number of aromatic carboxylic acids is 1. The van der Waals surface area contributed by atoms with Gasteiger partial charge in [-0.3, -0.25) is 9.78 Å². The zero-order valence-corrected chi connectivity index (χ0v) is 25.0. The van der Waals surface area contributed by atoms with Gasteiger partial charge in [0, 0.05) is 35.3 Å². The Balaban J connectivity index is 1.48. The smallest absolute Gasteiger partial charge is 0.338 e. The topological polar surface area (TPSA) is 163 Å². The minimum Gasteiger partial charge on any atom is -0.491 e. The lowest BCUT2D eigenvalue weighted by atomic mass is 9.93. The molecule has 0 unspecified atom stereocenters. The second-order valence-corrected chi connectivity index (χ2v) is 10.3. The highest BCUT2D eigenvalue weighted by Crippen LogP contribution is 2.35. The zero-order chi connectivity index (χ0) is 31.4. The van der Waals surface area contributed by atoms with Crippen molar-refractivity contribution >= 4 is 23.5 Å². The second-order valence-electron chi connectivity index (χ2n) is 9.86. The predicted molar refractivity (Wildman–Crippen MR) is 160 cm³/mol. The van der Waals surface area contributed by atoms with E-state index in [0.717, 1.165) is 0 Å². The summed E-state index contributed by atoms with van der Waals surface area (Å²) in [6, 6.07) is 15.7. The molecule has 1 atom stereocenters. The van der Waals surface area contributed by atoms with Crippen LogP contribution < -0.4 is 20.1 Å². The van der Waals surface area contributed by atoms with Crippen LogP contribution in [0.25, 0.3) is 11.1 Å². The zero-order valence-electron chi connectivity index (χ0n) is 24.2. The molecule has 1 heterocycles. The summed E-state index contributed by atoms with van der Waals surface area (Å²) in [6.45, 7) is 6.04. The van der Waals surface area contributed by atoms with E-state index in [0.29, 0.717) is 34.3 Å². The van der Waals surface area contributed by atoms with Crippen LogP contribution in [0.5, 0.6) is 11.5 Å². The third-order valence-corrected chi connectivity index (χ3v) is 6.46. The number of hydrogen-bond donors (Lipinski definition) is 4. The molecule has 0 aliphatic rings. The number of nitrogens with zero attached hydrogens (tertiary/aromatic N) is 2. The molecule has 0 aliphatic carbocycles. The molecule has 3 rings (SSSR count). The highest BCUT2D eigenvalue weighted by molar-refractivity contribution is 6.33. The molecule has 4 N–H and O–H groups in total. The van der Waals surface area contributed by atoms with E-state index in [4.69, 9.17) is 25.8 Å². The molecule has 1 aromatic heterocycles. The van der Waals surface area contributed by atoms with Gasteiger partial charge < -0.3 is 35.1 Å². The Morgan fingerprint density at radius 3 is 2.40 bits per heavy atom. The maximum absolute atomic E-state index is 12.3. The molecule has 0 saturated heterocycles. The van der Waals surface area contributed by atoms with Crippen molar-refractivity contribution in [3.05, 3.63) is 76.1 Å². The number of pyridine rings is 1. The average molecular weight is 611 g/mol. The number of amides is 1. The summed E-state index contributed by atoms with van der Waals surface area (Å²) in [6.07, 6.45) is -0.638. The molecule has 11 nitrogen and oxygen atoms in total. The van der Waals surface area contributed by atoms with Gasteiger partial charge in [-0.15, -0.1) is 0 Å². The van der Waals surface area contributed by atoms with Crippen LogP contribution in [-0.2, 0) is 16.1 Å². The van der Waals surface area contributed by atoms with Gasteiger partial charge in [-0.1, -0.05) is 43.6 Å². The average Bonchev–Trinajstić information content (AvgIpc) is 2.98. The fourth-order valence-corrected chi connectivity index (χ4v) is 4.29. The molecular formula is C31H35ClN4O7. The number of rotatable bonds is 16. The normalized spacial score (nSPS) is 11.6. The SMILES string of the molecule is Cc1nc(COCCNC(=O)COc2ccc(OC[C@@H](O)CNC(C)C)cc2)c(C(=O)O)c(-c2ccccc2Cl)c1C#N. The van der Waals surface area contributed by atoms with E-state index < -0.39 is 12.1 Å². The summed E-state index contributed by atoms with van der Waals surface area (Å²) in [5.74, 6) is -0.600. The first-order valence-corrected chi connectivity index (χ1v) is 14.0. The van der Waals surface area contributed by atoms with Crippen molar-refractivity contribution in [2.75, 3.05) is 32.9 Å². The number of aliphatic hydroxyl groups excluding tert-OH is 1. The van der Waals surface area contributed by atoms with Gasteiger partial charge in [0.25, 0.3) is 5.91 Å². The van der Waals surface area contributed by atoms with Gasteiger partial charge in [-0.05, 0) is 37.3 Å². The minimum atomic E-state index is -1.26. The lowest BCUT2D eigenvalue weighted by Crippen LogP contribution is -2.35. The standard InChI is InChI=1S/C31H35ClN4O7/c1-19(2)35-15-21(37)16-42-22-8-10-23(11-9-22)43-18-28(38)34-12-13-41-17-27-30(31(39)40)29(25(14-33)20(3)36-27)24-6-4-5-7-26(24)32/h4-11,19,21,35,37H,12-13,15-18H2,1-3H3,(H,34,38)(H,39,40)/t21-/m0/s1. The number of ether oxygens (including phenoxy) is 3. The first-order valence-electron chi connectivity index (χ1n) is 13.6. The number of carboxylic acids is 1. The molecule has 0 spiro atoms. The summed E-state index contributed by atoms with van der Waals surface area (Å²) in [5.41, 5.74) is 1.05. The van der Waals surface area contributed by atoms with Crippen LogP contribution in [0.1, 0.15) is 41.2 Å². The van der Waals surface area contributed by atoms with E-state index in [-0.39, 0.29) is 67.3 Å². The molecule has 0 aliphatic heterocycles. The van der Waals surface area contributed by atoms with Crippen molar-refractivity contribution < 1.29 is 34.0 Å². The molecule has 0 saturated carbocycles. The minimum absolute atomic E-state index is 0.0809. The molecule has 0 fully saturated rings. The lowest BCUT2D eigenvalue weighted by Gasteiger charge is -2.16. The Morgan fingerprint density at radius 2 is 1.77 bits per heavy atom. The maximum atomic E-state index is 12.3. The number of nitriles is 1. The molecule has 12 heteroatoms. The van der Waals surface area contributed by atoms with Crippen LogP contribution in [0.3, 0.4) is 0 Å². The van der Waals surface area contributed by atoms with Crippen LogP contribution >= 0.6 is 11.6 Å². The summed E-state index contributed by atoms with van der Waals surface area (Å²) in [4.78, 5) is 28.8. The van der Waals surface area contributed by atoms with Crippen molar-refractivity contribution in [1.29, 1.82) is 5.26 Å². The van der Waals surface area contributed by atoms with Crippen LogP contribution in [0.2, 0.25) is 5.02 Å². The van der Waals surface area contributed by atoms with Crippen molar-refractivity contribution in [3.63, 3.8) is 0 Å². The molecule has 0 bridgehead atoms. The molecule has 0 radical (unpaired) electrons. The second kappa shape index (κ2) is 16.4. The van der Waals surface area contributed by atoms with E-state index in [1.54, 1.807) is 55.5 Å². The van der Waals surface area contributed by atoms with Gasteiger partial charge >= 0.3 is 5.97 Å². The Morgan fingerprint density at radius 1 is 1.09 bits per heavy atom. The number of aryl methyl sites for hydroxylation is 1. The van der Waals surface area contributed by atoms with Crippen molar-refractivity contribution in [2.24, 2.45) is 0 Å². The number of hydrogen-bond acceptors (Lipinski definition) is 9. The van der Waals surface area contributed by atoms with Gasteiger partial charge in [0.1, 0.15) is 30.3 Å². The summed E-state index contributed by atoms with van der Waals surface area (Å²) < 4.78 is 16.7. The first-order chi connectivity index (χ1) is 20.6. The molecule has 2 aromatic carbocycles. The van der Waals surface area contributed by atoms with E-state index >= 15 is 0 Å². The summed E-state index contributed by atoms with van der Waals surface area (Å²) in [5, 5.41) is 35.8. The van der Waals surface area contributed by atoms with Gasteiger partial charge in [0.15, 0.2) is 6.61 Å². The van der Waals surface area contributed by atoms with Crippen LogP contribution in [0, 0.1) is 18.3 Å². The first kappa shape index (κ1) is 33.3. The number of benzene rings is 2. The van der Waals surface area contributed by atoms with Crippen LogP contribution in [0.4, 0.5) is 0 Å². The molecule has 228 valence electrons. The summed E-state index contributed by atoms with van der Waals surface area (Å²) >= 11 is 6.34. The largest absolute Gasteiger partial charge is 0.491 e. The van der Waals surface area contributed by atoms with E-state index in [2.05, 4.69) is 15.6 Å². The highest BCUT2D eigenvalue weighted by atomic mass is 35.5. The molecule has 3 aromatic rings. The fourth-order valence-electron chi connectivity index (χ4n) is 4.06. The molecule has 1 amide bonds. The Hall–Kier alpha value is -4.21. The fraction of sp³-hybridized carbons (Fsp3) is 0.355. The number of halogens is 1. The Bertz CT molecular complexity index is 1440. The molecular weight excluding hydrogens is 576 g/mol. The number of carbonyl (C=O) groups is 2. The van der Waals surface area contributed by atoms with Gasteiger partial charge in [-0.2, -0.15) is 5.26 Å². The van der Waals surface area contributed by atoms with Crippen LogP contribution in [0.15, 0.2) is 48.5 Å². The Labute approximate surface area is 255 Å². The van der Waals surface area contributed by atoms with Gasteiger partial charge in [0.05, 0.1) is 35.7 Å². The lowest BCUT2D eigenvalue weighted by molar-refractivity contribution is -0.123. The third kappa shape index (κ3) is 9.94. The van der Waals surface area contributed by atoms with E-state index in [1.165, 1.54) is 0 Å². The monoisotopic (exact) mass is 610 g/mol. The Kier molecular flexibility index (Phi) is 12.7. The van der Waals surface area contributed by atoms with Crippen molar-refractivity contribution in [1.82, 2.24) is 15.6 Å².